The Morgan fingerprint density at radius 1 is 1.26 bits per heavy atom. The minimum absolute atomic E-state index is 0.289. The number of nitrogens with one attached hydrogen (secondary N) is 1. The Hall–Kier alpha value is -1.02. The van der Waals surface area contributed by atoms with Crippen LogP contribution in [0, 0.1) is 5.41 Å². The molecule has 0 radical (unpaired) electrons. The van der Waals surface area contributed by atoms with E-state index in [0.29, 0.717) is 11.5 Å². The first kappa shape index (κ1) is 14.4. The molecule has 1 fully saturated rings. The molecule has 2 heteroatoms. The summed E-state index contributed by atoms with van der Waals surface area (Å²) in [7, 11) is 2.04. The molecular formula is C17H27NO. The highest BCUT2D eigenvalue weighted by Gasteiger charge is 2.42. The number of hydrogen-bond acceptors (Lipinski definition) is 2. The Morgan fingerprint density at radius 2 is 1.95 bits per heavy atom. The molecule has 1 aromatic carbocycles. The van der Waals surface area contributed by atoms with E-state index in [9.17, 15) is 0 Å². The van der Waals surface area contributed by atoms with Gasteiger partial charge < -0.3 is 10.1 Å². The van der Waals surface area contributed by atoms with E-state index in [1.165, 1.54) is 18.4 Å². The zero-order chi connectivity index (χ0) is 13.9. The molecule has 0 spiro atoms. The Bertz CT molecular complexity index is 396. The highest BCUT2D eigenvalue weighted by Crippen LogP contribution is 2.39. The predicted octanol–water partition coefficient (Wildman–Crippen LogP) is 3.79. The Morgan fingerprint density at radius 3 is 2.53 bits per heavy atom. The van der Waals surface area contributed by atoms with Gasteiger partial charge in [-0.25, -0.2) is 0 Å². The Labute approximate surface area is 117 Å². The molecule has 0 bridgehead atoms. The van der Waals surface area contributed by atoms with Gasteiger partial charge in [0.1, 0.15) is 11.9 Å². The molecular weight excluding hydrogens is 234 g/mol. The van der Waals surface area contributed by atoms with Crippen LogP contribution in [0.25, 0.3) is 0 Å². The lowest BCUT2D eigenvalue weighted by Crippen LogP contribution is -2.44. The van der Waals surface area contributed by atoms with Crippen LogP contribution in [-0.2, 0) is 6.42 Å². The average Bonchev–Trinajstić information content (AvgIpc) is 2.67. The van der Waals surface area contributed by atoms with Gasteiger partial charge in [0.25, 0.3) is 0 Å². The fraction of sp³-hybridized carbons (Fsp3) is 0.647. The average molecular weight is 261 g/mol. The minimum Gasteiger partial charge on any atom is -0.489 e. The molecule has 106 valence electrons. The summed E-state index contributed by atoms with van der Waals surface area (Å²) >= 11 is 0. The van der Waals surface area contributed by atoms with Crippen molar-refractivity contribution in [2.45, 2.75) is 58.6 Å². The number of aryl methyl sites for hydroxylation is 1. The third-order valence-corrected chi connectivity index (χ3v) is 4.35. The molecule has 0 saturated heterocycles. The van der Waals surface area contributed by atoms with Gasteiger partial charge in [0.2, 0.25) is 0 Å². The van der Waals surface area contributed by atoms with Crippen molar-refractivity contribution in [3.05, 3.63) is 29.8 Å². The Balaban J connectivity index is 2.01. The smallest absolute Gasteiger partial charge is 0.119 e. The second-order valence-electron chi connectivity index (χ2n) is 6.34. The molecule has 19 heavy (non-hydrogen) atoms. The first-order chi connectivity index (χ1) is 9.06. The SMILES string of the molecule is CCCc1ccc(OC2CCC(C)(C)C2NC)cc1. The van der Waals surface area contributed by atoms with Gasteiger partial charge in [-0.1, -0.05) is 39.3 Å². The second kappa shape index (κ2) is 5.96. The van der Waals surface area contributed by atoms with E-state index in [2.05, 4.69) is 50.4 Å². The van der Waals surface area contributed by atoms with Gasteiger partial charge in [0.15, 0.2) is 0 Å². The van der Waals surface area contributed by atoms with Crippen LogP contribution in [0.2, 0.25) is 0 Å². The Kier molecular flexibility index (Phi) is 4.51. The normalized spacial score (nSPS) is 25.5. The van der Waals surface area contributed by atoms with E-state index >= 15 is 0 Å². The monoisotopic (exact) mass is 261 g/mol. The summed E-state index contributed by atoms with van der Waals surface area (Å²) in [5, 5.41) is 3.43. The predicted molar refractivity (Wildman–Crippen MR) is 80.7 cm³/mol. The molecule has 1 aromatic rings. The van der Waals surface area contributed by atoms with E-state index in [0.717, 1.165) is 18.6 Å². The standard InChI is InChI=1S/C17H27NO/c1-5-6-13-7-9-14(10-8-13)19-15-11-12-17(2,3)16(15)18-4/h7-10,15-16,18H,5-6,11-12H2,1-4H3. The first-order valence-corrected chi connectivity index (χ1v) is 7.49. The maximum absolute atomic E-state index is 6.19. The van der Waals surface area contributed by atoms with Gasteiger partial charge in [0, 0.05) is 6.04 Å². The van der Waals surface area contributed by atoms with Crippen molar-refractivity contribution in [2.75, 3.05) is 7.05 Å². The van der Waals surface area contributed by atoms with Gasteiger partial charge in [-0.2, -0.15) is 0 Å². The fourth-order valence-electron chi connectivity index (χ4n) is 3.24. The van der Waals surface area contributed by atoms with Crippen LogP contribution >= 0.6 is 0 Å². The number of rotatable bonds is 5. The van der Waals surface area contributed by atoms with Gasteiger partial charge in [0.05, 0.1) is 0 Å². The van der Waals surface area contributed by atoms with Crippen LogP contribution in [0.3, 0.4) is 0 Å². The lowest BCUT2D eigenvalue weighted by molar-refractivity contribution is 0.146. The van der Waals surface area contributed by atoms with Crippen molar-refractivity contribution in [3.8, 4) is 5.75 Å². The van der Waals surface area contributed by atoms with Crippen molar-refractivity contribution < 1.29 is 4.74 Å². The highest BCUT2D eigenvalue weighted by atomic mass is 16.5. The largest absolute Gasteiger partial charge is 0.489 e. The lowest BCUT2D eigenvalue weighted by Gasteiger charge is -2.30. The summed E-state index contributed by atoms with van der Waals surface area (Å²) in [5.41, 5.74) is 1.72. The van der Waals surface area contributed by atoms with Crippen molar-refractivity contribution in [3.63, 3.8) is 0 Å². The van der Waals surface area contributed by atoms with Crippen molar-refractivity contribution >= 4 is 0 Å². The van der Waals surface area contributed by atoms with Crippen molar-refractivity contribution in [2.24, 2.45) is 5.41 Å². The minimum atomic E-state index is 0.289. The lowest BCUT2D eigenvalue weighted by atomic mass is 9.87. The summed E-state index contributed by atoms with van der Waals surface area (Å²) in [6, 6.07) is 9.04. The van der Waals surface area contributed by atoms with Crippen molar-refractivity contribution in [1.82, 2.24) is 5.32 Å². The summed E-state index contributed by atoms with van der Waals surface area (Å²) in [4.78, 5) is 0. The maximum atomic E-state index is 6.19. The first-order valence-electron chi connectivity index (χ1n) is 7.49. The van der Waals surface area contributed by atoms with Crippen LogP contribution in [0.4, 0.5) is 0 Å². The van der Waals surface area contributed by atoms with Gasteiger partial charge in [-0.15, -0.1) is 0 Å². The maximum Gasteiger partial charge on any atom is 0.119 e. The molecule has 0 amide bonds. The molecule has 2 unspecified atom stereocenters. The van der Waals surface area contributed by atoms with Crippen LogP contribution in [0.5, 0.6) is 5.75 Å². The summed E-state index contributed by atoms with van der Waals surface area (Å²) in [6.45, 7) is 6.85. The number of ether oxygens (including phenoxy) is 1. The van der Waals surface area contributed by atoms with E-state index < -0.39 is 0 Å². The summed E-state index contributed by atoms with van der Waals surface area (Å²) in [6.07, 6.45) is 4.98. The van der Waals surface area contributed by atoms with Crippen molar-refractivity contribution in [1.29, 1.82) is 0 Å². The van der Waals surface area contributed by atoms with Gasteiger partial charge in [-0.05, 0) is 49.4 Å². The molecule has 2 rings (SSSR count). The van der Waals surface area contributed by atoms with Crippen LogP contribution in [0.1, 0.15) is 45.6 Å². The third-order valence-electron chi connectivity index (χ3n) is 4.35. The molecule has 1 saturated carbocycles. The van der Waals surface area contributed by atoms with E-state index in [-0.39, 0.29) is 6.10 Å². The van der Waals surface area contributed by atoms with Crippen LogP contribution in [0.15, 0.2) is 24.3 Å². The van der Waals surface area contributed by atoms with Gasteiger partial charge >= 0.3 is 0 Å². The molecule has 0 aliphatic heterocycles. The highest BCUT2D eigenvalue weighted by molar-refractivity contribution is 5.28. The van der Waals surface area contributed by atoms with E-state index in [1.54, 1.807) is 0 Å². The molecule has 1 aliphatic carbocycles. The quantitative estimate of drug-likeness (QED) is 0.870. The molecule has 2 atom stereocenters. The number of benzene rings is 1. The fourth-order valence-corrected chi connectivity index (χ4v) is 3.24. The summed E-state index contributed by atoms with van der Waals surface area (Å²) < 4.78 is 6.19. The molecule has 2 nitrogen and oxygen atoms in total. The third kappa shape index (κ3) is 3.30. The van der Waals surface area contributed by atoms with Crippen LogP contribution < -0.4 is 10.1 Å². The van der Waals surface area contributed by atoms with E-state index in [1.807, 2.05) is 7.05 Å². The molecule has 0 aromatic heterocycles. The molecule has 0 heterocycles. The zero-order valence-electron chi connectivity index (χ0n) is 12.7. The topological polar surface area (TPSA) is 21.3 Å². The van der Waals surface area contributed by atoms with E-state index in [4.69, 9.17) is 4.74 Å². The van der Waals surface area contributed by atoms with Gasteiger partial charge in [-0.3, -0.25) is 0 Å². The molecule has 1 N–H and O–H groups in total. The zero-order valence-corrected chi connectivity index (χ0v) is 12.7. The van der Waals surface area contributed by atoms with Crippen LogP contribution in [-0.4, -0.2) is 19.2 Å². The number of likely N-dealkylation sites (N-methyl/N-ethyl adjacent to an activating group) is 1. The molecule has 1 aliphatic rings. The second-order valence-corrected chi connectivity index (χ2v) is 6.34. The number of hydrogen-bond donors (Lipinski definition) is 1. The summed E-state index contributed by atoms with van der Waals surface area (Å²) in [5.74, 6) is 1.00.